The molecule has 6 nitrogen and oxygen atoms in total. The van der Waals surface area contributed by atoms with E-state index in [1.54, 1.807) is 6.20 Å². The summed E-state index contributed by atoms with van der Waals surface area (Å²) in [6.45, 7) is 4.34. The Kier molecular flexibility index (Phi) is 3.31. The van der Waals surface area contributed by atoms with Crippen molar-refractivity contribution in [2.24, 2.45) is 7.05 Å². The van der Waals surface area contributed by atoms with Crippen LogP contribution >= 0.6 is 0 Å². The molecule has 1 amide bonds. The molecule has 3 rings (SSSR count). The van der Waals surface area contributed by atoms with Gasteiger partial charge in [-0.3, -0.25) is 4.79 Å². The van der Waals surface area contributed by atoms with E-state index in [1.165, 1.54) is 5.69 Å². The lowest BCUT2D eigenvalue weighted by Gasteiger charge is -2.16. The molecule has 0 aromatic carbocycles. The second-order valence-corrected chi connectivity index (χ2v) is 4.97. The molecular formula is C14H18N4O2. The third-order valence-electron chi connectivity index (χ3n) is 3.77. The summed E-state index contributed by atoms with van der Waals surface area (Å²) in [5, 5.41) is 2.94. The zero-order valence-electron chi connectivity index (χ0n) is 11.7. The van der Waals surface area contributed by atoms with E-state index in [9.17, 15) is 4.79 Å². The third-order valence-corrected chi connectivity index (χ3v) is 3.77. The Morgan fingerprint density at radius 1 is 1.50 bits per heavy atom. The maximum atomic E-state index is 12.2. The summed E-state index contributed by atoms with van der Waals surface area (Å²) >= 11 is 0. The summed E-state index contributed by atoms with van der Waals surface area (Å²) in [5.41, 5.74) is 2.86. The van der Waals surface area contributed by atoms with Crippen molar-refractivity contribution < 1.29 is 9.53 Å². The number of fused-ring (bicyclic) bond motifs is 1. The average Bonchev–Trinajstić information content (AvgIpc) is 3.02. The molecule has 0 aliphatic carbocycles. The fourth-order valence-electron chi connectivity index (χ4n) is 2.39. The van der Waals surface area contributed by atoms with E-state index in [2.05, 4.69) is 14.9 Å². The predicted molar refractivity (Wildman–Crippen MR) is 73.2 cm³/mol. The maximum Gasteiger partial charge on any atom is 0.269 e. The first-order valence-electron chi connectivity index (χ1n) is 6.68. The molecule has 0 unspecified atom stereocenters. The van der Waals surface area contributed by atoms with Crippen LogP contribution in [0.2, 0.25) is 0 Å². The topological polar surface area (TPSA) is 61.1 Å². The lowest BCUT2D eigenvalue weighted by Crippen LogP contribution is -2.28. The van der Waals surface area contributed by atoms with Gasteiger partial charge in [-0.25, -0.2) is 4.98 Å². The third kappa shape index (κ3) is 2.22. The Balaban J connectivity index is 1.71. The van der Waals surface area contributed by atoms with Gasteiger partial charge in [-0.05, 0) is 19.1 Å². The number of carbonyl (C=O) groups excluding carboxylic acids is 1. The van der Waals surface area contributed by atoms with Gasteiger partial charge >= 0.3 is 0 Å². The largest absolute Gasteiger partial charge is 0.372 e. The van der Waals surface area contributed by atoms with Crippen molar-refractivity contribution in [1.82, 2.24) is 19.4 Å². The molecule has 1 N–H and O–H groups in total. The summed E-state index contributed by atoms with van der Waals surface area (Å²) < 4.78 is 9.31. The van der Waals surface area contributed by atoms with E-state index < -0.39 is 0 Å². The minimum atomic E-state index is -0.0931. The summed E-state index contributed by atoms with van der Waals surface area (Å²) in [4.78, 5) is 16.5. The Morgan fingerprint density at radius 3 is 3.10 bits per heavy atom. The van der Waals surface area contributed by atoms with E-state index in [4.69, 9.17) is 4.74 Å². The van der Waals surface area contributed by atoms with Gasteiger partial charge in [-0.15, -0.1) is 0 Å². The predicted octanol–water partition coefficient (Wildman–Crippen LogP) is 0.990. The van der Waals surface area contributed by atoms with Crippen molar-refractivity contribution in [1.29, 1.82) is 0 Å². The van der Waals surface area contributed by atoms with E-state index >= 15 is 0 Å². The van der Waals surface area contributed by atoms with Crippen LogP contribution < -0.4 is 5.32 Å². The highest BCUT2D eigenvalue weighted by atomic mass is 16.5. The van der Waals surface area contributed by atoms with Crippen molar-refractivity contribution in [2.75, 3.05) is 6.61 Å². The number of hydrogen-bond donors (Lipinski definition) is 1. The summed E-state index contributed by atoms with van der Waals surface area (Å²) in [5.74, 6) is 0.723. The van der Waals surface area contributed by atoms with Crippen LogP contribution in [0.5, 0.6) is 0 Å². The molecule has 0 radical (unpaired) electrons. The van der Waals surface area contributed by atoms with Gasteiger partial charge in [0.25, 0.3) is 5.91 Å². The van der Waals surface area contributed by atoms with Gasteiger partial charge in [0.05, 0.1) is 19.3 Å². The number of nitrogens with zero attached hydrogens (tertiary/aromatic N) is 3. The Bertz CT molecular complexity index is 642. The van der Waals surface area contributed by atoms with Gasteiger partial charge in [0.15, 0.2) is 0 Å². The molecule has 1 aliphatic rings. The molecule has 1 aliphatic heterocycles. The molecule has 0 saturated heterocycles. The maximum absolute atomic E-state index is 12.2. The number of aryl methyl sites for hydroxylation is 1. The highest BCUT2D eigenvalue weighted by Gasteiger charge is 2.19. The monoisotopic (exact) mass is 274 g/mol. The second kappa shape index (κ2) is 5.13. The molecular weight excluding hydrogens is 256 g/mol. The highest BCUT2D eigenvalue weighted by Crippen LogP contribution is 2.12. The summed E-state index contributed by atoms with van der Waals surface area (Å²) in [6.07, 6.45) is 1.62. The standard InChI is InChI=1S/C14H18N4O2/c1-10-3-4-11(17(10)2)7-16-14(19)12-8-15-13-9-20-6-5-18(12)13/h3-4,8H,5-7,9H2,1-2H3,(H,16,19). The number of amides is 1. The Labute approximate surface area is 117 Å². The number of ether oxygens (including phenoxy) is 1. The van der Waals surface area contributed by atoms with Crippen LogP contribution in [0.4, 0.5) is 0 Å². The van der Waals surface area contributed by atoms with Crippen LogP contribution in [-0.2, 0) is 31.5 Å². The number of carbonyl (C=O) groups is 1. The fourth-order valence-corrected chi connectivity index (χ4v) is 2.39. The van der Waals surface area contributed by atoms with E-state index in [1.807, 2.05) is 30.7 Å². The van der Waals surface area contributed by atoms with E-state index in [0.29, 0.717) is 32.0 Å². The van der Waals surface area contributed by atoms with Crippen LogP contribution in [0.25, 0.3) is 0 Å². The Morgan fingerprint density at radius 2 is 2.35 bits per heavy atom. The van der Waals surface area contributed by atoms with Gasteiger partial charge in [-0.1, -0.05) is 0 Å². The van der Waals surface area contributed by atoms with Crippen molar-refractivity contribution in [2.45, 2.75) is 26.6 Å². The molecule has 20 heavy (non-hydrogen) atoms. The zero-order valence-corrected chi connectivity index (χ0v) is 11.7. The lowest BCUT2D eigenvalue weighted by atomic mass is 10.3. The molecule has 0 fully saturated rings. The molecule has 6 heteroatoms. The molecule has 106 valence electrons. The van der Waals surface area contributed by atoms with Crippen molar-refractivity contribution in [3.8, 4) is 0 Å². The molecule has 0 spiro atoms. The highest BCUT2D eigenvalue weighted by molar-refractivity contribution is 5.92. The lowest BCUT2D eigenvalue weighted by molar-refractivity contribution is 0.0778. The number of aromatic nitrogens is 3. The fraction of sp³-hybridized carbons (Fsp3) is 0.429. The van der Waals surface area contributed by atoms with Crippen molar-refractivity contribution in [3.05, 3.63) is 41.2 Å². The first kappa shape index (κ1) is 12.9. The molecule has 3 heterocycles. The Hall–Kier alpha value is -2.08. The van der Waals surface area contributed by atoms with Crippen LogP contribution in [0.1, 0.15) is 27.7 Å². The zero-order chi connectivity index (χ0) is 14.1. The molecule has 0 saturated carbocycles. The van der Waals surface area contributed by atoms with Gasteiger partial charge in [0, 0.05) is 25.0 Å². The molecule has 2 aromatic rings. The second-order valence-electron chi connectivity index (χ2n) is 4.97. The summed E-state index contributed by atoms with van der Waals surface area (Å²) in [6, 6.07) is 4.06. The summed E-state index contributed by atoms with van der Waals surface area (Å²) in [7, 11) is 1.99. The molecule has 0 atom stereocenters. The quantitative estimate of drug-likeness (QED) is 0.908. The SMILES string of the molecule is Cc1ccc(CNC(=O)c2cnc3n2CCOC3)n1C. The number of nitrogens with one attached hydrogen (secondary N) is 1. The number of imidazole rings is 1. The number of rotatable bonds is 3. The van der Waals surface area contributed by atoms with Crippen LogP contribution in [0.3, 0.4) is 0 Å². The average molecular weight is 274 g/mol. The minimum absolute atomic E-state index is 0.0931. The van der Waals surface area contributed by atoms with Crippen molar-refractivity contribution in [3.63, 3.8) is 0 Å². The van der Waals surface area contributed by atoms with Crippen LogP contribution in [0, 0.1) is 6.92 Å². The van der Waals surface area contributed by atoms with Crippen molar-refractivity contribution >= 4 is 5.91 Å². The first-order chi connectivity index (χ1) is 9.66. The van der Waals surface area contributed by atoms with Gasteiger partial charge in [0.2, 0.25) is 0 Å². The molecule has 2 aromatic heterocycles. The first-order valence-corrected chi connectivity index (χ1v) is 6.68. The van der Waals surface area contributed by atoms with Gasteiger partial charge in [0.1, 0.15) is 18.1 Å². The van der Waals surface area contributed by atoms with Crippen LogP contribution in [0.15, 0.2) is 18.3 Å². The smallest absolute Gasteiger partial charge is 0.269 e. The number of hydrogen-bond acceptors (Lipinski definition) is 3. The van der Waals surface area contributed by atoms with Gasteiger partial charge < -0.3 is 19.2 Å². The van der Waals surface area contributed by atoms with E-state index in [0.717, 1.165) is 11.5 Å². The molecule has 0 bridgehead atoms. The van der Waals surface area contributed by atoms with Gasteiger partial charge in [-0.2, -0.15) is 0 Å². The minimum Gasteiger partial charge on any atom is -0.372 e. The normalized spacial score (nSPS) is 14.1. The van der Waals surface area contributed by atoms with E-state index in [-0.39, 0.29) is 5.91 Å². The van der Waals surface area contributed by atoms with Crippen LogP contribution in [-0.4, -0.2) is 26.6 Å².